The number of hydrogen-bond acceptors (Lipinski definition) is 3. The van der Waals surface area contributed by atoms with E-state index in [0.717, 1.165) is 29.8 Å². The van der Waals surface area contributed by atoms with E-state index in [-0.39, 0.29) is 6.04 Å². The van der Waals surface area contributed by atoms with Crippen LogP contribution in [0.4, 0.5) is 0 Å². The Morgan fingerprint density at radius 1 is 1.28 bits per heavy atom. The Morgan fingerprint density at radius 3 is 2.94 bits per heavy atom. The lowest BCUT2D eigenvalue weighted by atomic mass is 9.95. The van der Waals surface area contributed by atoms with E-state index in [1.807, 2.05) is 12.3 Å². The van der Waals surface area contributed by atoms with Gasteiger partial charge in [0.05, 0.1) is 5.52 Å². The average Bonchev–Trinajstić information content (AvgIpc) is 2.67. The van der Waals surface area contributed by atoms with E-state index in [0.29, 0.717) is 5.92 Å². The molecule has 1 aliphatic carbocycles. The number of pyridine rings is 1. The molecule has 0 aromatic carbocycles. The third-order valence-corrected chi connectivity index (χ3v) is 4.04. The Balaban J connectivity index is 2.00. The topological polar surface area (TPSA) is 67.6 Å². The molecule has 2 heterocycles. The highest BCUT2D eigenvalue weighted by Crippen LogP contribution is 2.30. The smallest absolute Gasteiger partial charge is 0.177 e. The summed E-state index contributed by atoms with van der Waals surface area (Å²) < 4.78 is 0. The van der Waals surface area contributed by atoms with Crippen LogP contribution in [0.5, 0.6) is 0 Å². The van der Waals surface area contributed by atoms with Gasteiger partial charge in [0.1, 0.15) is 5.82 Å². The van der Waals surface area contributed by atoms with Crippen molar-refractivity contribution in [2.45, 2.75) is 51.0 Å². The number of aryl methyl sites for hydroxylation is 1. The molecule has 1 aliphatic rings. The first kappa shape index (κ1) is 11.7. The third kappa shape index (κ3) is 2.01. The van der Waals surface area contributed by atoms with Crippen LogP contribution in [0.15, 0.2) is 12.3 Å². The van der Waals surface area contributed by atoms with Gasteiger partial charge in [0.15, 0.2) is 5.65 Å². The van der Waals surface area contributed by atoms with Crippen molar-refractivity contribution < 1.29 is 0 Å². The molecule has 0 amide bonds. The molecule has 2 unspecified atom stereocenters. The van der Waals surface area contributed by atoms with E-state index in [4.69, 9.17) is 5.73 Å². The van der Waals surface area contributed by atoms with Crippen molar-refractivity contribution in [2.75, 3.05) is 0 Å². The molecule has 1 saturated carbocycles. The Labute approximate surface area is 107 Å². The molecule has 2 aromatic rings. The molecular weight excluding hydrogens is 224 g/mol. The fourth-order valence-corrected chi connectivity index (χ4v) is 2.90. The molecule has 0 spiro atoms. The van der Waals surface area contributed by atoms with E-state index < -0.39 is 0 Å². The predicted octanol–water partition coefficient (Wildman–Crippen LogP) is 2.64. The number of imidazole rings is 1. The van der Waals surface area contributed by atoms with E-state index in [9.17, 15) is 0 Å². The average molecular weight is 244 g/mol. The molecule has 1 fully saturated rings. The zero-order chi connectivity index (χ0) is 12.5. The van der Waals surface area contributed by atoms with Gasteiger partial charge < -0.3 is 10.7 Å². The van der Waals surface area contributed by atoms with Crippen molar-refractivity contribution >= 4 is 11.2 Å². The second kappa shape index (κ2) is 4.69. The molecule has 4 nitrogen and oxygen atoms in total. The molecule has 2 aromatic heterocycles. The van der Waals surface area contributed by atoms with Crippen LogP contribution >= 0.6 is 0 Å². The first-order chi connectivity index (χ1) is 8.75. The molecule has 0 bridgehead atoms. The minimum atomic E-state index is 0.230. The summed E-state index contributed by atoms with van der Waals surface area (Å²) in [5, 5.41) is 0. The summed E-state index contributed by atoms with van der Waals surface area (Å²) in [7, 11) is 0. The Bertz CT molecular complexity index is 546. The van der Waals surface area contributed by atoms with Gasteiger partial charge >= 0.3 is 0 Å². The number of nitrogens with zero attached hydrogens (tertiary/aromatic N) is 2. The van der Waals surface area contributed by atoms with Gasteiger partial charge in [0, 0.05) is 18.2 Å². The maximum absolute atomic E-state index is 6.29. The Kier molecular flexibility index (Phi) is 3.04. The monoisotopic (exact) mass is 244 g/mol. The van der Waals surface area contributed by atoms with Gasteiger partial charge in [-0.05, 0) is 31.4 Å². The summed E-state index contributed by atoms with van der Waals surface area (Å²) in [6.45, 7) is 2.08. The predicted molar refractivity (Wildman–Crippen MR) is 72.4 cm³/mol. The van der Waals surface area contributed by atoms with Crippen molar-refractivity contribution in [2.24, 2.45) is 5.73 Å². The summed E-state index contributed by atoms with van der Waals surface area (Å²) in [6, 6.07) is 2.24. The highest BCUT2D eigenvalue weighted by molar-refractivity contribution is 5.74. The van der Waals surface area contributed by atoms with Gasteiger partial charge in [0.2, 0.25) is 0 Å². The summed E-state index contributed by atoms with van der Waals surface area (Å²) in [5.41, 5.74) is 9.37. The fraction of sp³-hybridized carbons (Fsp3) is 0.571. The lowest BCUT2D eigenvalue weighted by molar-refractivity contribution is 0.488. The highest BCUT2D eigenvalue weighted by atomic mass is 15.0. The second-order valence-corrected chi connectivity index (χ2v) is 5.36. The lowest BCUT2D eigenvalue weighted by Gasteiger charge is -2.18. The molecule has 4 heteroatoms. The highest BCUT2D eigenvalue weighted by Gasteiger charge is 2.25. The largest absolute Gasteiger partial charge is 0.340 e. The van der Waals surface area contributed by atoms with Crippen molar-refractivity contribution in [3.63, 3.8) is 0 Å². The maximum atomic E-state index is 6.29. The molecule has 18 heavy (non-hydrogen) atoms. The van der Waals surface area contributed by atoms with Crippen LogP contribution in [0, 0.1) is 6.92 Å². The molecule has 3 rings (SSSR count). The first-order valence-corrected chi connectivity index (χ1v) is 6.82. The molecule has 2 atom stereocenters. The quantitative estimate of drug-likeness (QED) is 0.758. The van der Waals surface area contributed by atoms with Crippen LogP contribution in [0.2, 0.25) is 0 Å². The van der Waals surface area contributed by atoms with E-state index in [1.165, 1.54) is 24.8 Å². The second-order valence-electron chi connectivity index (χ2n) is 5.36. The zero-order valence-electron chi connectivity index (χ0n) is 10.8. The van der Waals surface area contributed by atoms with Crippen molar-refractivity contribution in [3.8, 4) is 0 Å². The summed E-state index contributed by atoms with van der Waals surface area (Å²) in [6.07, 6.45) is 7.85. The number of fused-ring (bicyclic) bond motifs is 1. The number of rotatable bonds is 1. The van der Waals surface area contributed by atoms with Gasteiger partial charge in [-0.1, -0.05) is 19.3 Å². The number of hydrogen-bond donors (Lipinski definition) is 2. The van der Waals surface area contributed by atoms with Crippen LogP contribution in [-0.2, 0) is 0 Å². The summed E-state index contributed by atoms with van der Waals surface area (Å²) in [5.74, 6) is 1.39. The van der Waals surface area contributed by atoms with Crippen LogP contribution < -0.4 is 5.73 Å². The van der Waals surface area contributed by atoms with Crippen LogP contribution in [0.3, 0.4) is 0 Å². The number of nitrogens with two attached hydrogens (primary N) is 1. The summed E-state index contributed by atoms with van der Waals surface area (Å²) in [4.78, 5) is 12.4. The van der Waals surface area contributed by atoms with Crippen LogP contribution in [0.1, 0.15) is 49.4 Å². The molecule has 96 valence electrons. The number of H-pyrrole nitrogens is 1. The first-order valence-electron chi connectivity index (χ1n) is 6.82. The fourth-order valence-electron chi connectivity index (χ4n) is 2.90. The minimum Gasteiger partial charge on any atom is -0.340 e. The Hall–Kier alpha value is -1.42. The zero-order valence-corrected chi connectivity index (χ0v) is 10.8. The van der Waals surface area contributed by atoms with Crippen LogP contribution in [0.25, 0.3) is 11.2 Å². The van der Waals surface area contributed by atoms with Crippen LogP contribution in [-0.4, -0.2) is 21.0 Å². The summed E-state index contributed by atoms with van der Waals surface area (Å²) >= 11 is 0. The molecule has 3 N–H and O–H groups in total. The van der Waals surface area contributed by atoms with Gasteiger partial charge in [-0.25, -0.2) is 9.97 Å². The molecular formula is C14H20N4. The van der Waals surface area contributed by atoms with Gasteiger partial charge in [-0.15, -0.1) is 0 Å². The van der Waals surface area contributed by atoms with Gasteiger partial charge in [-0.2, -0.15) is 0 Å². The minimum absolute atomic E-state index is 0.230. The molecule has 0 aliphatic heterocycles. The van der Waals surface area contributed by atoms with Crippen molar-refractivity contribution in [1.82, 2.24) is 15.0 Å². The van der Waals surface area contributed by atoms with Crippen molar-refractivity contribution in [3.05, 3.63) is 23.7 Å². The standard InChI is InChI=1S/C14H20N4/c1-9-7-8-16-14-12(9)17-13(18-14)10-5-3-2-4-6-11(10)15/h7-8,10-11H,2-6,15H2,1H3,(H,16,17,18). The Morgan fingerprint density at radius 2 is 2.11 bits per heavy atom. The molecule has 0 radical (unpaired) electrons. The van der Waals surface area contributed by atoms with Gasteiger partial charge in [0.25, 0.3) is 0 Å². The van der Waals surface area contributed by atoms with Crippen molar-refractivity contribution in [1.29, 1.82) is 0 Å². The van der Waals surface area contributed by atoms with E-state index >= 15 is 0 Å². The number of aromatic amines is 1. The number of nitrogens with one attached hydrogen (secondary N) is 1. The lowest BCUT2D eigenvalue weighted by Crippen LogP contribution is -2.28. The number of aromatic nitrogens is 3. The maximum Gasteiger partial charge on any atom is 0.177 e. The molecule has 0 saturated heterocycles. The van der Waals surface area contributed by atoms with E-state index in [1.54, 1.807) is 0 Å². The normalized spacial score (nSPS) is 25.2. The SMILES string of the molecule is Cc1ccnc2nc(C3CCCCCC3N)[nH]c12. The third-order valence-electron chi connectivity index (χ3n) is 4.04. The van der Waals surface area contributed by atoms with Gasteiger partial charge in [-0.3, -0.25) is 0 Å². The van der Waals surface area contributed by atoms with E-state index in [2.05, 4.69) is 21.9 Å².